The predicted molar refractivity (Wildman–Crippen MR) is 90.9 cm³/mol. The third kappa shape index (κ3) is 3.15. The number of nitrogens with zero attached hydrogens (tertiary/aromatic N) is 2. The molecule has 22 heavy (non-hydrogen) atoms. The average molecular weight is 336 g/mol. The molecule has 1 saturated carbocycles. The highest BCUT2D eigenvalue weighted by molar-refractivity contribution is 7.98. The summed E-state index contributed by atoms with van der Waals surface area (Å²) >= 11 is 7.75. The molecule has 0 radical (unpaired) electrons. The second-order valence-electron chi connectivity index (χ2n) is 5.40. The number of nitrogens with one attached hydrogen (secondary N) is 1. The number of hydrogen-bond acceptors (Lipinski definition) is 3. The zero-order valence-electron chi connectivity index (χ0n) is 12.4. The molecule has 1 aliphatic rings. The molecule has 1 heterocycles. The SMILES string of the molecule is CSc1ccc(Cl)c(C(=O)Nc2ccnn2C2CCCC2)c1. The lowest BCUT2D eigenvalue weighted by Gasteiger charge is -2.15. The van der Waals surface area contributed by atoms with E-state index in [-0.39, 0.29) is 5.91 Å². The molecular weight excluding hydrogens is 318 g/mol. The van der Waals surface area contributed by atoms with Gasteiger partial charge in [0.05, 0.1) is 22.8 Å². The summed E-state index contributed by atoms with van der Waals surface area (Å²) < 4.78 is 1.93. The van der Waals surface area contributed by atoms with Gasteiger partial charge in [0.1, 0.15) is 5.82 Å². The number of hydrogen-bond donors (Lipinski definition) is 1. The minimum absolute atomic E-state index is 0.194. The fourth-order valence-corrected chi connectivity index (χ4v) is 3.49. The average Bonchev–Trinajstić information content (AvgIpc) is 3.18. The Morgan fingerprint density at radius 2 is 2.14 bits per heavy atom. The van der Waals surface area contributed by atoms with Gasteiger partial charge in [-0.05, 0) is 37.3 Å². The molecule has 6 heteroatoms. The molecule has 3 rings (SSSR count). The molecule has 0 bridgehead atoms. The lowest BCUT2D eigenvalue weighted by molar-refractivity contribution is 0.102. The summed E-state index contributed by atoms with van der Waals surface area (Å²) in [4.78, 5) is 13.5. The lowest BCUT2D eigenvalue weighted by atomic mass is 10.2. The first-order valence-electron chi connectivity index (χ1n) is 7.37. The summed E-state index contributed by atoms with van der Waals surface area (Å²) in [6.45, 7) is 0. The molecule has 2 aromatic rings. The molecule has 116 valence electrons. The van der Waals surface area contributed by atoms with Crippen molar-refractivity contribution in [3.63, 3.8) is 0 Å². The van der Waals surface area contributed by atoms with Gasteiger partial charge in [-0.2, -0.15) is 5.10 Å². The van der Waals surface area contributed by atoms with E-state index in [0.29, 0.717) is 16.6 Å². The van der Waals surface area contributed by atoms with Crippen molar-refractivity contribution >= 4 is 35.1 Å². The standard InChI is InChI=1S/C16H18ClN3OS/c1-22-12-6-7-14(17)13(10-12)16(21)19-15-8-9-18-20(15)11-4-2-3-5-11/h6-11H,2-5H2,1H3,(H,19,21). The topological polar surface area (TPSA) is 46.9 Å². The van der Waals surface area contributed by atoms with Crippen LogP contribution in [0.25, 0.3) is 0 Å². The van der Waals surface area contributed by atoms with E-state index in [0.717, 1.165) is 23.6 Å². The van der Waals surface area contributed by atoms with E-state index in [9.17, 15) is 4.79 Å². The van der Waals surface area contributed by atoms with E-state index in [4.69, 9.17) is 11.6 Å². The van der Waals surface area contributed by atoms with Gasteiger partial charge in [-0.15, -0.1) is 11.8 Å². The Balaban J connectivity index is 1.81. The quantitative estimate of drug-likeness (QED) is 0.829. The van der Waals surface area contributed by atoms with Crippen molar-refractivity contribution in [3.8, 4) is 0 Å². The third-order valence-electron chi connectivity index (χ3n) is 4.00. The molecule has 1 amide bonds. The van der Waals surface area contributed by atoms with Crippen molar-refractivity contribution in [2.75, 3.05) is 11.6 Å². The molecule has 1 fully saturated rings. The minimum atomic E-state index is -0.194. The van der Waals surface area contributed by atoms with Crippen LogP contribution in [0, 0.1) is 0 Å². The summed E-state index contributed by atoms with van der Waals surface area (Å²) in [5.74, 6) is 0.545. The van der Waals surface area contributed by atoms with Crippen LogP contribution >= 0.6 is 23.4 Å². The Labute approximate surface area is 139 Å². The van der Waals surface area contributed by atoms with E-state index < -0.39 is 0 Å². The smallest absolute Gasteiger partial charge is 0.258 e. The first kappa shape index (κ1) is 15.4. The van der Waals surface area contributed by atoms with Crippen LogP contribution in [0.1, 0.15) is 42.1 Å². The highest BCUT2D eigenvalue weighted by atomic mass is 35.5. The zero-order chi connectivity index (χ0) is 15.5. The first-order chi connectivity index (χ1) is 10.7. The van der Waals surface area contributed by atoms with Crippen LogP contribution in [0.2, 0.25) is 5.02 Å². The second-order valence-corrected chi connectivity index (χ2v) is 6.69. The largest absolute Gasteiger partial charge is 0.307 e. The van der Waals surface area contributed by atoms with Gasteiger partial charge in [-0.1, -0.05) is 24.4 Å². The van der Waals surface area contributed by atoms with Gasteiger partial charge < -0.3 is 5.32 Å². The normalized spacial score (nSPS) is 15.2. The van der Waals surface area contributed by atoms with Gasteiger partial charge in [0.15, 0.2) is 0 Å². The van der Waals surface area contributed by atoms with Crippen molar-refractivity contribution in [2.45, 2.75) is 36.6 Å². The fraction of sp³-hybridized carbons (Fsp3) is 0.375. The highest BCUT2D eigenvalue weighted by Crippen LogP contribution is 2.31. The second kappa shape index (κ2) is 6.75. The number of rotatable bonds is 4. The summed E-state index contributed by atoms with van der Waals surface area (Å²) in [6.07, 6.45) is 8.38. The Morgan fingerprint density at radius 3 is 2.86 bits per heavy atom. The van der Waals surface area contributed by atoms with E-state index >= 15 is 0 Å². The number of carbonyl (C=O) groups is 1. The molecule has 0 saturated heterocycles. The van der Waals surface area contributed by atoms with E-state index in [1.165, 1.54) is 12.8 Å². The number of carbonyl (C=O) groups excluding carboxylic acids is 1. The summed E-state index contributed by atoms with van der Waals surface area (Å²) in [5.41, 5.74) is 0.493. The molecule has 0 aliphatic heterocycles. The number of aromatic nitrogens is 2. The monoisotopic (exact) mass is 335 g/mol. The summed E-state index contributed by atoms with van der Waals surface area (Å²) in [5, 5.41) is 7.77. The predicted octanol–water partition coefficient (Wildman–Crippen LogP) is 4.63. The van der Waals surface area contributed by atoms with Gasteiger partial charge >= 0.3 is 0 Å². The summed E-state index contributed by atoms with van der Waals surface area (Å²) in [6, 6.07) is 7.71. The molecule has 4 nitrogen and oxygen atoms in total. The van der Waals surface area contributed by atoms with Crippen LogP contribution in [-0.2, 0) is 0 Å². The zero-order valence-corrected chi connectivity index (χ0v) is 14.0. The molecule has 1 aromatic carbocycles. The van der Waals surface area contributed by atoms with Crippen molar-refractivity contribution in [1.82, 2.24) is 9.78 Å². The molecule has 1 N–H and O–H groups in total. The number of amides is 1. The molecule has 0 unspecified atom stereocenters. The molecule has 0 spiro atoms. The first-order valence-corrected chi connectivity index (χ1v) is 8.97. The number of thioether (sulfide) groups is 1. The fourth-order valence-electron chi connectivity index (χ4n) is 2.84. The van der Waals surface area contributed by atoms with Gasteiger partial charge in [0.2, 0.25) is 0 Å². The van der Waals surface area contributed by atoms with Gasteiger partial charge in [-0.25, -0.2) is 4.68 Å². The van der Waals surface area contributed by atoms with Crippen molar-refractivity contribution in [3.05, 3.63) is 41.0 Å². The van der Waals surface area contributed by atoms with E-state index in [1.807, 2.05) is 29.1 Å². The van der Waals surface area contributed by atoms with Crippen molar-refractivity contribution in [1.29, 1.82) is 0 Å². The number of anilines is 1. The Bertz CT molecular complexity index is 680. The van der Waals surface area contributed by atoms with Crippen molar-refractivity contribution < 1.29 is 4.79 Å². The highest BCUT2D eigenvalue weighted by Gasteiger charge is 2.21. The maximum Gasteiger partial charge on any atom is 0.258 e. The lowest BCUT2D eigenvalue weighted by Crippen LogP contribution is -2.18. The van der Waals surface area contributed by atoms with E-state index in [2.05, 4.69) is 10.4 Å². The van der Waals surface area contributed by atoms with Gasteiger partial charge in [0.25, 0.3) is 5.91 Å². The molecule has 1 aromatic heterocycles. The Kier molecular flexibility index (Phi) is 4.74. The van der Waals surface area contributed by atoms with Crippen LogP contribution < -0.4 is 5.32 Å². The number of benzene rings is 1. The minimum Gasteiger partial charge on any atom is -0.307 e. The van der Waals surface area contributed by atoms with Crippen molar-refractivity contribution in [2.24, 2.45) is 0 Å². The van der Waals surface area contributed by atoms with Gasteiger partial charge in [-0.3, -0.25) is 4.79 Å². The van der Waals surface area contributed by atoms with Crippen LogP contribution in [0.4, 0.5) is 5.82 Å². The maximum absolute atomic E-state index is 12.5. The molecule has 1 aliphatic carbocycles. The molecule has 0 atom stereocenters. The van der Waals surface area contributed by atoms with Crippen LogP contribution in [-0.4, -0.2) is 21.9 Å². The van der Waals surface area contributed by atoms with E-state index in [1.54, 1.807) is 24.0 Å². The van der Waals surface area contributed by atoms with Crippen LogP contribution in [0.15, 0.2) is 35.4 Å². The van der Waals surface area contributed by atoms with Crippen LogP contribution in [0.3, 0.4) is 0 Å². The van der Waals surface area contributed by atoms with Crippen LogP contribution in [0.5, 0.6) is 0 Å². The van der Waals surface area contributed by atoms with Gasteiger partial charge in [0, 0.05) is 11.0 Å². The summed E-state index contributed by atoms with van der Waals surface area (Å²) in [7, 11) is 0. The molecular formula is C16H18ClN3OS. The Morgan fingerprint density at radius 1 is 1.36 bits per heavy atom. The maximum atomic E-state index is 12.5. The Hall–Kier alpha value is -1.46. The third-order valence-corrected chi connectivity index (χ3v) is 5.06. The number of halogens is 1.